The third-order valence-electron chi connectivity index (χ3n) is 5.30. The Morgan fingerprint density at radius 2 is 1.48 bits per heavy atom. The maximum Gasteiger partial charge on any atom is 0.251 e. The molecule has 29 heavy (non-hydrogen) atoms. The van der Waals surface area contributed by atoms with E-state index in [1.165, 1.54) is 28.6 Å². The molecule has 0 radical (unpaired) electrons. The molecule has 0 saturated carbocycles. The minimum Gasteiger partial charge on any atom is -0.289 e. The van der Waals surface area contributed by atoms with Crippen molar-refractivity contribution in [2.45, 2.75) is 17.4 Å². The largest absolute Gasteiger partial charge is 0.289 e. The minimum atomic E-state index is -3.58. The molecule has 2 aromatic rings. The van der Waals surface area contributed by atoms with Crippen molar-refractivity contribution in [3.05, 3.63) is 60.4 Å². The van der Waals surface area contributed by atoms with Gasteiger partial charge in [-0.2, -0.15) is 4.31 Å². The molecule has 0 N–H and O–H groups in total. The zero-order valence-electron chi connectivity index (χ0n) is 15.6. The van der Waals surface area contributed by atoms with Crippen LogP contribution in [0.25, 0.3) is 0 Å². The SMILES string of the molecule is O=C1C[C@H](N2CCN(S(=O)(=O)c3ccccc3)CC2)C(=O)N1c1ccc(F)cc1. The van der Waals surface area contributed by atoms with Gasteiger partial charge in [0.25, 0.3) is 5.91 Å². The van der Waals surface area contributed by atoms with E-state index >= 15 is 0 Å². The Kier molecular flexibility index (Phi) is 5.20. The summed E-state index contributed by atoms with van der Waals surface area (Å²) >= 11 is 0. The average Bonchev–Trinajstić information content (AvgIpc) is 3.03. The summed E-state index contributed by atoms with van der Waals surface area (Å²) in [6.07, 6.45) is 0.0294. The Balaban J connectivity index is 1.44. The molecule has 2 fully saturated rings. The second kappa shape index (κ2) is 7.66. The molecule has 0 spiro atoms. The molecule has 0 unspecified atom stereocenters. The molecule has 1 atom stereocenters. The topological polar surface area (TPSA) is 78.0 Å². The lowest BCUT2D eigenvalue weighted by Crippen LogP contribution is -2.53. The molecule has 9 heteroatoms. The summed E-state index contributed by atoms with van der Waals surface area (Å²) in [5.41, 5.74) is 0.342. The summed E-state index contributed by atoms with van der Waals surface area (Å²) in [7, 11) is -3.58. The molecule has 2 aromatic carbocycles. The Labute approximate surface area is 168 Å². The van der Waals surface area contributed by atoms with E-state index in [2.05, 4.69) is 0 Å². The van der Waals surface area contributed by atoms with E-state index in [0.717, 1.165) is 4.90 Å². The highest BCUT2D eigenvalue weighted by atomic mass is 32.2. The van der Waals surface area contributed by atoms with Gasteiger partial charge in [0.05, 0.1) is 23.0 Å². The fraction of sp³-hybridized carbons (Fsp3) is 0.300. The van der Waals surface area contributed by atoms with Gasteiger partial charge in [-0.25, -0.2) is 17.7 Å². The number of rotatable bonds is 4. The van der Waals surface area contributed by atoms with E-state index in [4.69, 9.17) is 0 Å². The van der Waals surface area contributed by atoms with Crippen LogP contribution in [0.1, 0.15) is 6.42 Å². The molecular formula is C20H20FN3O4S. The molecule has 2 heterocycles. The molecule has 152 valence electrons. The highest BCUT2D eigenvalue weighted by Gasteiger charge is 2.44. The molecule has 2 amide bonds. The first-order valence-corrected chi connectivity index (χ1v) is 10.7. The average molecular weight is 417 g/mol. The molecular weight excluding hydrogens is 397 g/mol. The fourth-order valence-electron chi connectivity index (χ4n) is 3.76. The Hall–Kier alpha value is -2.62. The van der Waals surface area contributed by atoms with Crippen molar-refractivity contribution in [2.75, 3.05) is 31.1 Å². The summed E-state index contributed by atoms with van der Waals surface area (Å²) in [6.45, 7) is 1.19. The molecule has 4 rings (SSSR count). The Morgan fingerprint density at radius 3 is 2.10 bits per heavy atom. The number of carbonyl (C=O) groups is 2. The minimum absolute atomic E-state index is 0.0294. The first kappa shape index (κ1) is 19.7. The molecule has 0 aliphatic carbocycles. The van der Waals surface area contributed by atoms with E-state index in [-0.39, 0.29) is 36.2 Å². The summed E-state index contributed by atoms with van der Waals surface area (Å²) in [5, 5.41) is 0. The molecule has 2 aliphatic heterocycles. The normalized spacial score (nSPS) is 21.7. The van der Waals surface area contributed by atoms with E-state index in [0.29, 0.717) is 18.8 Å². The van der Waals surface area contributed by atoms with Crippen molar-refractivity contribution in [2.24, 2.45) is 0 Å². The van der Waals surface area contributed by atoms with Crippen molar-refractivity contribution in [1.82, 2.24) is 9.21 Å². The van der Waals surface area contributed by atoms with Crippen LogP contribution in [-0.4, -0.2) is 61.7 Å². The summed E-state index contributed by atoms with van der Waals surface area (Å²) < 4.78 is 40.0. The zero-order chi connectivity index (χ0) is 20.6. The number of nitrogens with zero attached hydrogens (tertiary/aromatic N) is 3. The second-order valence-corrected chi connectivity index (χ2v) is 8.95. The van der Waals surface area contributed by atoms with Crippen LogP contribution in [0.2, 0.25) is 0 Å². The lowest BCUT2D eigenvalue weighted by atomic mass is 10.2. The van der Waals surface area contributed by atoms with E-state index in [9.17, 15) is 22.4 Å². The van der Waals surface area contributed by atoms with Crippen LogP contribution in [-0.2, 0) is 19.6 Å². The number of benzene rings is 2. The van der Waals surface area contributed by atoms with Gasteiger partial charge in [0, 0.05) is 26.2 Å². The lowest BCUT2D eigenvalue weighted by Gasteiger charge is -2.36. The molecule has 0 aromatic heterocycles. The maximum atomic E-state index is 13.1. The number of carbonyl (C=O) groups excluding carboxylic acids is 2. The lowest BCUT2D eigenvalue weighted by molar-refractivity contribution is -0.123. The monoisotopic (exact) mass is 417 g/mol. The number of piperazine rings is 1. The van der Waals surface area contributed by atoms with E-state index < -0.39 is 21.9 Å². The molecule has 2 saturated heterocycles. The van der Waals surface area contributed by atoms with Crippen LogP contribution in [0, 0.1) is 5.82 Å². The van der Waals surface area contributed by atoms with Gasteiger partial charge < -0.3 is 0 Å². The number of halogens is 1. The summed E-state index contributed by atoms with van der Waals surface area (Å²) in [4.78, 5) is 28.4. The maximum absolute atomic E-state index is 13.1. The van der Waals surface area contributed by atoms with Gasteiger partial charge in [-0.3, -0.25) is 14.5 Å². The van der Waals surface area contributed by atoms with Gasteiger partial charge in [-0.15, -0.1) is 0 Å². The van der Waals surface area contributed by atoms with E-state index in [1.54, 1.807) is 30.3 Å². The Bertz CT molecular complexity index is 1020. The van der Waals surface area contributed by atoms with Gasteiger partial charge in [-0.05, 0) is 36.4 Å². The van der Waals surface area contributed by atoms with Crippen molar-refractivity contribution < 1.29 is 22.4 Å². The molecule has 0 bridgehead atoms. The third-order valence-corrected chi connectivity index (χ3v) is 7.22. The standard InChI is InChI=1S/C20H20FN3O4S/c21-15-6-8-16(9-7-15)24-19(25)14-18(20(24)26)22-10-12-23(13-11-22)29(27,28)17-4-2-1-3-5-17/h1-9,18H,10-14H2/t18-/m0/s1. The number of hydrogen-bond acceptors (Lipinski definition) is 5. The van der Waals surface area contributed by atoms with Crippen molar-refractivity contribution in [3.8, 4) is 0 Å². The summed E-state index contributed by atoms with van der Waals surface area (Å²) in [6, 6.07) is 12.8. The number of amides is 2. The van der Waals surface area contributed by atoms with E-state index in [1.807, 2.05) is 4.90 Å². The van der Waals surface area contributed by atoms with Crippen LogP contribution in [0.3, 0.4) is 0 Å². The third kappa shape index (κ3) is 3.68. The predicted molar refractivity (Wildman–Crippen MR) is 104 cm³/mol. The van der Waals surface area contributed by atoms with Crippen molar-refractivity contribution in [1.29, 1.82) is 0 Å². The van der Waals surface area contributed by atoms with Crippen LogP contribution in [0.15, 0.2) is 59.5 Å². The first-order chi connectivity index (χ1) is 13.9. The molecule has 2 aliphatic rings. The fourth-order valence-corrected chi connectivity index (χ4v) is 5.20. The van der Waals surface area contributed by atoms with Crippen LogP contribution < -0.4 is 4.90 Å². The van der Waals surface area contributed by atoms with Gasteiger partial charge >= 0.3 is 0 Å². The molecule has 7 nitrogen and oxygen atoms in total. The first-order valence-electron chi connectivity index (χ1n) is 9.29. The number of anilines is 1. The van der Waals surface area contributed by atoms with Gasteiger partial charge in [0.15, 0.2) is 0 Å². The number of sulfonamides is 1. The zero-order valence-corrected chi connectivity index (χ0v) is 16.4. The quantitative estimate of drug-likeness (QED) is 0.704. The summed E-state index contributed by atoms with van der Waals surface area (Å²) in [5.74, 6) is -1.15. The number of hydrogen-bond donors (Lipinski definition) is 0. The number of imide groups is 1. The van der Waals surface area contributed by atoms with Crippen LogP contribution >= 0.6 is 0 Å². The van der Waals surface area contributed by atoms with Gasteiger partial charge in [0.2, 0.25) is 15.9 Å². The van der Waals surface area contributed by atoms with Crippen LogP contribution in [0.4, 0.5) is 10.1 Å². The highest BCUT2D eigenvalue weighted by molar-refractivity contribution is 7.89. The second-order valence-electron chi connectivity index (χ2n) is 7.02. The Morgan fingerprint density at radius 1 is 0.862 bits per heavy atom. The predicted octanol–water partition coefficient (Wildman–Crippen LogP) is 1.46. The van der Waals surface area contributed by atoms with Crippen molar-refractivity contribution >= 4 is 27.5 Å². The highest BCUT2D eigenvalue weighted by Crippen LogP contribution is 2.27. The van der Waals surface area contributed by atoms with Crippen molar-refractivity contribution in [3.63, 3.8) is 0 Å². The van der Waals surface area contributed by atoms with Gasteiger partial charge in [-0.1, -0.05) is 18.2 Å². The van der Waals surface area contributed by atoms with Gasteiger partial charge in [0.1, 0.15) is 5.82 Å². The van der Waals surface area contributed by atoms with Crippen LogP contribution in [0.5, 0.6) is 0 Å². The smallest absolute Gasteiger partial charge is 0.251 e.